The van der Waals surface area contributed by atoms with Gasteiger partial charge < -0.3 is 11.1 Å². The van der Waals surface area contributed by atoms with Crippen molar-refractivity contribution >= 4 is 40.1 Å². The van der Waals surface area contributed by atoms with Crippen molar-refractivity contribution in [1.29, 1.82) is 0 Å². The number of hydrogen-bond donors (Lipinski definition) is 2. The highest BCUT2D eigenvalue weighted by atomic mass is 32.1. The lowest BCUT2D eigenvalue weighted by Crippen LogP contribution is -2.14. The molecule has 0 saturated heterocycles. The molecule has 1 aromatic heterocycles. The number of aryl methyl sites for hydroxylation is 1. The fraction of sp³-hybridized carbons (Fsp3) is 0.0769. The van der Waals surface area contributed by atoms with Crippen LogP contribution in [0.4, 0.5) is 5.69 Å². The van der Waals surface area contributed by atoms with Crippen LogP contribution in [0.2, 0.25) is 0 Å². The van der Waals surface area contributed by atoms with Crippen LogP contribution in [0.3, 0.4) is 0 Å². The summed E-state index contributed by atoms with van der Waals surface area (Å²) in [5.74, 6) is -0.117. The summed E-state index contributed by atoms with van der Waals surface area (Å²) in [6.07, 6.45) is 0. The number of thiophene rings is 1. The Labute approximate surface area is 115 Å². The van der Waals surface area contributed by atoms with E-state index in [-0.39, 0.29) is 5.91 Å². The van der Waals surface area contributed by atoms with Crippen molar-refractivity contribution in [1.82, 2.24) is 0 Å². The van der Waals surface area contributed by atoms with Crippen molar-refractivity contribution < 1.29 is 4.79 Å². The third kappa shape index (κ3) is 2.75. The third-order valence-corrected chi connectivity index (χ3v) is 3.60. The lowest BCUT2D eigenvalue weighted by atomic mass is 10.1. The van der Waals surface area contributed by atoms with Gasteiger partial charge in [0.15, 0.2) is 0 Å². The minimum absolute atomic E-state index is 0.117. The molecule has 0 unspecified atom stereocenters. The first-order valence-electron chi connectivity index (χ1n) is 5.32. The second-order valence-corrected chi connectivity index (χ2v) is 5.05. The monoisotopic (exact) mass is 276 g/mol. The maximum Gasteiger partial charge on any atom is 0.256 e. The predicted molar refractivity (Wildman–Crippen MR) is 79.3 cm³/mol. The summed E-state index contributed by atoms with van der Waals surface area (Å²) in [4.78, 5) is 12.3. The van der Waals surface area contributed by atoms with E-state index in [2.05, 4.69) is 5.32 Å². The molecule has 0 spiro atoms. The summed E-state index contributed by atoms with van der Waals surface area (Å²) >= 11 is 6.41. The van der Waals surface area contributed by atoms with Crippen LogP contribution in [0.15, 0.2) is 35.0 Å². The van der Waals surface area contributed by atoms with Crippen LogP contribution in [0.1, 0.15) is 21.5 Å². The molecule has 3 N–H and O–H groups in total. The molecule has 0 aliphatic carbocycles. The van der Waals surface area contributed by atoms with Gasteiger partial charge >= 0.3 is 0 Å². The molecule has 1 heterocycles. The topological polar surface area (TPSA) is 55.1 Å². The van der Waals surface area contributed by atoms with E-state index in [9.17, 15) is 4.79 Å². The number of thiocarbonyl (C=S) groups is 1. The molecule has 0 atom stereocenters. The van der Waals surface area contributed by atoms with Gasteiger partial charge in [-0.2, -0.15) is 11.3 Å². The van der Waals surface area contributed by atoms with Gasteiger partial charge in [-0.15, -0.1) is 0 Å². The first-order valence-corrected chi connectivity index (χ1v) is 6.67. The number of carbonyl (C=O) groups is 1. The van der Waals surface area contributed by atoms with Gasteiger partial charge in [0.05, 0.1) is 5.56 Å². The van der Waals surface area contributed by atoms with Crippen molar-refractivity contribution in [3.63, 3.8) is 0 Å². The van der Waals surface area contributed by atoms with Crippen LogP contribution in [0.25, 0.3) is 0 Å². The number of hydrogen-bond acceptors (Lipinski definition) is 3. The second kappa shape index (κ2) is 5.29. The molecule has 0 fully saturated rings. The lowest BCUT2D eigenvalue weighted by molar-refractivity contribution is 0.102. The Morgan fingerprint density at radius 2 is 2.17 bits per heavy atom. The number of anilines is 1. The summed E-state index contributed by atoms with van der Waals surface area (Å²) in [5.41, 5.74) is 8.65. The first kappa shape index (κ1) is 12.7. The third-order valence-electron chi connectivity index (χ3n) is 2.51. The molecule has 1 amide bonds. The zero-order chi connectivity index (χ0) is 13.1. The SMILES string of the molecule is Cc1cscc1C(=O)Nc1cccc(C(N)=S)c1. The molecule has 0 bridgehead atoms. The number of benzene rings is 1. The van der Waals surface area contributed by atoms with Crippen LogP contribution in [-0.4, -0.2) is 10.9 Å². The maximum absolute atomic E-state index is 12.0. The lowest BCUT2D eigenvalue weighted by Gasteiger charge is -2.06. The van der Waals surface area contributed by atoms with Crippen molar-refractivity contribution in [3.05, 3.63) is 51.7 Å². The molecule has 1 aromatic carbocycles. The van der Waals surface area contributed by atoms with Crippen LogP contribution >= 0.6 is 23.6 Å². The van der Waals surface area contributed by atoms with Gasteiger partial charge in [-0.25, -0.2) is 0 Å². The molecule has 3 nitrogen and oxygen atoms in total. The molecule has 0 aliphatic rings. The van der Waals surface area contributed by atoms with Gasteiger partial charge in [-0.1, -0.05) is 24.4 Å². The number of amides is 1. The van der Waals surface area contributed by atoms with Gasteiger partial charge in [0.2, 0.25) is 0 Å². The average molecular weight is 276 g/mol. The zero-order valence-corrected chi connectivity index (χ0v) is 11.4. The van der Waals surface area contributed by atoms with E-state index in [0.717, 1.165) is 11.1 Å². The second-order valence-electron chi connectivity index (χ2n) is 3.87. The van der Waals surface area contributed by atoms with E-state index in [4.69, 9.17) is 18.0 Å². The van der Waals surface area contributed by atoms with Gasteiger partial charge in [0.25, 0.3) is 5.91 Å². The summed E-state index contributed by atoms with van der Waals surface area (Å²) < 4.78 is 0. The van der Waals surface area contributed by atoms with Gasteiger partial charge in [-0.3, -0.25) is 4.79 Å². The molecule has 0 saturated carbocycles. The maximum atomic E-state index is 12.0. The minimum atomic E-state index is -0.117. The number of carbonyl (C=O) groups excluding carboxylic acids is 1. The molecular weight excluding hydrogens is 264 g/mol. The van der Waals surface area contributed by atoms with Crippen LogP contribution < -0.4 is 11.1 Å². The normalized spacial score (nSPS) is 10.1. The number of nitrogens with one attached hydrogen (secondary N) is 1. The van der Waals surface area contributed by atoms with Crippen LogP contribution in [0, 0.1) is 6.92 Å². The highest BCUT2D eigenvalue weighted by Crippen LogP contribution is 2.17. The minimum Gasteiger partial charge on any atom is -0.389 e. The summed E-state index contributed by atoms with van der Waals surface area (Å²) in [5, 5.41) is 6.61. The van der Waals surface area contributed by atoms with Gasteiger partial charge in [0.1, 0.15) is 4.99 Å². The Morgan fingerprint density at radius 1 is 1.39 bits per heavy atom. The molecule has 5 heteroatoms. The molecule has 2 rings (SSSR count). The Hall–Kier alpha value is -1.72. The van der Waals surface area contributed by atoms with Crippen LogP contribution in [0.5, 0.6) is 0 Å². The fourth-order valence-corrected chi connectivity index (χ4v) is 2.50. The standard InChI is InChI=1S/C13H12N2OS2/c1-8-6-18-7-11(8)13(16)15-10-4-2-3-9(5-10)12(14)17/h2-7H,1H3,(H2,14,17)(H,15,16). The molecule has 0 radical (unpaired) electrons. The zero-order valence-electron chi connectivity index (χ0n) is 9.77. The summed E-state index contributed by atoms with van der Waals surface area (Å²) in [6, 6.07) is 7.20. The Bertz CT molecular complexity index is 605. The largest absolute Gasteiger partial charge is 0.389 e. The summed E-state index contributed by atoms with van der Waals surface area (Å²) in [6.45, 7) is 1.91. The van der Waals surface area contributed by atoms with E-state index in [1.165, 1.54) is 11.3 Å². The van der Waals surface area contributed by atoms with E-state index in [1.54, 1.807) is 12.1 Å². The van der Waals surface area contributed by atoms with Gasteiger partial charge in [0, 0.05) is 16.6 Å². The van der Waals surface area contributed by atoms with E-state index >= 15 is 0 Å². The Morgan fingerprint density at radius 3 is 2.78 bits per heavy atom. The number of nitrogens with two attached hydrogens (primary N) is 1. The van der Waals surface area contributed by atoms with Crippen molar-refractivity contribution in [3.8, 4) is 0 Å². The smallest absolute Gasteiger partial charge is 0.256 e. The predicted octanol–water partition coefficient (Wildman–Crippen LogP) is 2.94. The van der Waals surface area contributed by atoms with Crippen LogP contribution in [-0.2, 0) is 0 Å². The molecule has 2 aromatic rings. The quantitative estimate of drug-likeness (QED) is 0.847. The number of rotatable bonds is 3. The average Bonchev–Trinajstić information content (AvgIpc) is 2.76. The van der Waals surface area contributed by atoms with Crippen molar-refractivity contribution in [2.45, 2.75) is 6.92 Å². The van der Waals surface area contributed by atoms with Gasteiger partial charge in [-0.05, 0) is 30.0 Å². The Kier molecular flexibility index (Phi) is 3.74. The highest BCUT2D eigenvalue weighted by molar-refractivity contribution is 7.80. The molecule has 0 aliphatic heterocycles. The highest BCUT2D eigenvalue weighted by Gasteiger charge is 2.10. The molecule has 18 heavy (non-hydrogen) atoms. The van der Waals surface area contributed by atoms with E-state index in [1.807, 2.05) is 29.8 Å². The Balaban J connectivity index is 2.20. The fourth-order valence-electron chi connectivity index (χ4n) is 1.54. The van der Waals surface area contributed by atoms with E-state index < -0.39 is 0 Å². The van der Waals surface area contributed by atoms with Crippen molar-refractivity contribution in [2.24, 2.45) is 5.73 Å². The van der Waals surface area contributed by atoms with E-state index in [0.29, 0.717) is 16.2 Å². The molecular formula is C13H12N2OS2. The molecule has 92 valence electrons. The summed E-state index contributed by atoms with van der Waals surface area (Å²) in [7, 11) is 0. The first-order chi connectivity index (χ1) is 8.58. The van der Waals surface area contributed by atoms with Crippen molar-refractivity contribution in [2.75, 3.05) is 5.32 Å².